The summed E-state index contributed by atoms with van der Waals surface area (Å²) in [6, 6.07) is 15.2. The van der Waals surface area contributed by atoms with Gasteiger partial charge in [-0.05, 0) is 74.2 Å². The van der Waals surface area contributed by atoms with E-state index in [0.29, 0.717) is 12.8 Å². The van der Waals surface area contributed by atoms with Crippen molar-refractivity contribution < 1.29 is 19.1 Å². The third kappa shape index (κ3) is 15.9. The fourth-order valence-electron chi connectivity index (χ4n) is 4.26. The number of unbranched alkanes of at least 4 members (excludes halogenated alkanes) is 10. The molecule has 2 rings (SSSR count). The normalized spacial score (nSPS) is 10.7. The largest absolute Gasteiger partial charge is 0.494 e. The van der Waals surface area contributed by atoms with Gasteiger partial charge in [-0.25, -0.2) is 0 Å². The zero-order valence-electron chi connectivity index (χ0n) is 24.3. The van der Waals surface area contributed by atoms with Gasteiger partial charge in [0.05, 0.1) is 13.2 Å². The van der Waals surface area contributed by atoms with E-state index in [1.807, 2.05) is 48.5 Å². The van der Waals surface area contributed by atoms with Gasteiger partial charge in [-0.15, -0.1) is 0 Å². The number of hydrogen-bond acceptors (Lipinski definition) is 4. The number of anilines is 2. The Morgan fingerprint density at radius 3 is 1.26 bits per heavy atom. The van der Waals surface area contributed by atoms with E-state index in [0.717, 1.165) is 81.0 Å². The Balaban J connectivity index is 1.47. The van der Waals surface area contributed by atoms with E-state index in [9.17, 15) is 9.59 Å². The van der Waals surface area contributed by atoms with Gasteiger partial charge in [-0.1, -0.05) is 71.6 Å². The summed E-state index contributed by atoms with van der Waals surface area (Å²) in [5, 5.41) is 5.92. The average molecular weight is 539 g/mol. The van der Waals surface area contributed by atoms with Crippen molar-refractivity contribution in [1.82, 2.24) is 0 Å². The molecule has 216 valence electrons. The highest BCUT2D eigenvalue weighted by Crippen LogP contribution is 2.18. The first-order chi connectivity index (χ1) is 19.1. The Labute approximate surface area is 236 Å². The van der Waals surface area contributed by atoms with E-state index in [1.54, 1.807) is 0 Å². The van der Waals surface area contributed by atoms with Crippen LogP contribution in [-0.2, 0) is 9.59 Å². The Kier molecular flexibility index (Phi) is 17.2. The summed E-state index contributed by atoms with van der Waals surface area (Å²) in [4.78, 5) is 24.5. The molecule has 0 fully saturated rings. The third-order valence-electron chi connectivity index (χ3n) is 6.62. The van der Waals surface area contributed by atoms with Crippen LogP contribution in [0.15, 0.2) is 48.5 Å². The van der Waals surface area contributed by atoms with Crippen molar-refractivity contribution in [3.05, 3.63) is 48.5 Å². The van der Waals surface area contributed by atoms with E-state index >= 15 is 0 Å². The molecule has 0 radical (unpaired) electrons. The van der Waals surface area contributed by atoms with Crippen molar-refractivity contribution >= 4 is 23.2 Å². The smallest absolute Gasteiger partial charge is 0.224 e. The topological polar surface area (TPSA) is 76.7 Å². The number of nitrogens with one attached hydrogen (secondary N) is 2. The summed E-state index contributed by atoms with van der Waals surface area (Å²) < 4.78 is 11.5. The molecule has 0 unspecified atom stereocenters. The molecule has 0 bridgehead atoms. The Morgan fingerprint density at radius 1 is 0.513 bits per heavy atom. The van der Waals surface area contributed by atoms with Crippen LogP contribution >= 0.6 is 0 Å². The maximum absolute atomic E-state index is 12.2. The molecule has 2 amide bonds. The van der Waals surface area contributed by atoms with Crippen LogP contribution in [0.3, 0.4) is 0 Å². The van der Waals surface area contributed by atoms with Gasteiger partial charge in [-0.3, -0.25) is 9.59 Å². The Hall–Kier alpha value is -3.02. The summed E-state index contributed by atoms with van der Waals surface area (Å²) in [5.41, 5.74) is 1.60. The SMILES string of the molecule is CCCCCCOc1ccc(NC(=O)CCCCCCCC(=O)Nc2ccc(OCCCCCC)cc2)cc1. The minimum Gasteiger partial charge on any atom is -0.494 e. The first kappa shape index (κ1) is 32.2. The quantitative estimate of drug-likeness (QED) is 0.147. The van der Waals surface area contributed by atoms with Crippen LogP contribution in [0.5, 0.6) is 11.5 Å². The molecular formula is C33H50N2O4. The fourth-order valence-corrected chi connectivity index (χ4v) is 4.26. The first-order valence-corrected chi connectivity index (χ1v) is 15.2. The van der Waals surface area contributed by atoms with Gasteiger partial charge >= 0.3 is 0 Å². The van der Waals surface area contributed by atoms with Crippen molar-refractivity contribution in [2.24, 2.45) is 0 Å². The molecule has 6 nitrogen and oxygen atoms in total. The summed E-state index contributed by atoms with van der Waals surface area (Å²) in [6.07, 6.45) is 15.2. The molecule has 0 atom stereocenters. The van der Waals surface area contributed by atoms with Crippen LogP contribution < -0.4 is 20.1 Å². The molecule has 0 aliphatic rings. The average Bonchev–Trinajstić information content (AvgIpc) is 2.94. The zero-order chi connectivity index (χ0) is 28.0. The van der Waals surface area contributed by atoms with E-state index in [-0.39, 0.29) is 11.8 Å². The molecule has 2 aromatic carbocycles. The van der Waals surface area contributed by atoms with Gasteiger partial charge in [0.25, 0.3) is 0 Å². The summed E-state index contributed by atoms with van der Waals surface area (Å²) in [5.74, 6) is 1.76. The van der Waals surface area contributed by atoms with Crippen LogP contribution in [-0.4, -0.2) is 25.0 Å². The van der Waals surface area contributed by atoms with E-state index in [2.05, 4.69) is 24.5 Å². The lowest BCUT2D eigenvalue weighted by molar-refractivity contribution is -0.117. The van der Waals surface area contributed by atoms with Gasteiger partial charge in [-0.2, -0.15) is 0 Å². The van der Waals surface area contributed by atoms with Crippen molar-refractivity contribution in [3.8, 4) is 11.5 Å². The molecule has 39 heavy (non-hydrogen) atoms. The molecule has 0 spiro atoms. The standard InChI is InChI=1S/C33H50N2O4/c1-3-5-7-14-26-38-30-22-18-28(19-23-30)34-32(36)16-12-10-9-11-13-17-33(37)35-29-20-24-31(25-21-29)39-27-15-8-6-4-2/h18-25H,3-17,26-27H2,1-2H3,(H,34,36)(H,35,37). The lowest BCUT2D eigenvalue weighted by Gasteiger charge is -2.09. The fraction of sp³-hybridized carbons (Fsp3) is 0.576. The van der Waals surface area contributed by atoms with Crippen molar-refractivity contribution in [3.63, 3.8) is 0 Å². The van der Waals surface area contributed by atoms with Crippen LogP contribution in [0, 0.1) is 0 Å². The Bertz CT molecular complexity index is 837. The molecular weight excluding hydrogens is 488 g/mol. The molecule has 0 aromatic heterocycles. The molecule has 6 heteroatoms. The highest BCUT2D eigenvalue weighted by atomic mass is 16.5. The molecule has 0 heterocycles. The summed E-state index contributed by atoms with van der Waals surface area (Å²) in [6.45, 7) is 5.87. The van der Waals surface area contributed by atoms with Gasteiger partial charge < -0.3 is 20.1 Å². The number of ether oxygens (including phenoxy) is 2. The monoisotopic (exact) mass is 538 g/mol. The second-order valence-corrected chi connectivity index (χ2v) is 10.2. The number of amides is 2. The molecule has 0 aliphatic carbocycles. The number of hydrogen-bond donors (Lipinski definition) is 2. The predicted octanol–water partition coefficient (Wildman–Crippen LogP) is 8.91. The third-order valence-corrected chi connectivity index (χ3v) is 6.62. The van der Waals surface area contributed by atoms with Crippen molar-refractivity contribution in [1.29, 1.82) is 0 Å². The van der Waals surface area contributed by atoms with Gasteiger partial charge in [0.15, 0.2) is 0 Å². The van der Waals surface area contributed by atoms with E-state index in [1.165, 1.54) is 38.5 Å². The molecule has 2 N–H and O–H groups in total. The van der Waals surface area contributed by atoms with Gasteiger partial charge in [0.1, 0.15) is 11.5 Å². The van der Waals surface area contributed by atoms with Crippen LogP contribution in [0.1, 0.15) is 110 Å². The highest BCUT2D eigenvalue weighted by molar-refractivity contribution is 5.91. The number of carbonyl (C=O) groups excluding carboxylic acids is 2. The lowest BCUT2D eigenvalue weighted by atomic mass is 10.1. The van der Waals surface area contributed by atoms with E-state index < -0.39 is 0 Å². The molecule has 2 aromatic rings. The second-order valence-electron chi connectivity index (χ2n) is 10.2. The van der Waals surface area contributed by atoms with Crippen LogP contribution in [0.25, 0.3) is 0 Å². The first-order valence-electron chi connectivity index (χ1n) is 15.2. The highest BCUT2D eigenvalue weighted by Gasteiger charge is 2.05. The summed E-state index contributed by atoms with van der Waals surface area (Å²) in [7, 11) is 0. The summed E-state index contributed by atoms with van der Waals surface area (Å²) >= 11 is 0. The predicted molar refractivity (Wildman–Crippen MR) is 162 cm³/mol. The molecule has 0 aliphatic heterocycles. The van der Waals surface area contributed by atoms with Gasteiger partial charge in [0, 0.05) is 24.2 Å². The van der Waals surface area contributed by atoms with E-state index in [4.69, 9.17) is 9.47 Å². The van der Waals surface area contributed by atoms with Gasteiger partial charge in [0.2, 0.25) is 11.8 Å². The lowest BCUT2D eigenvalue weighted by Crippen LogP contribution is -2.11. The Morgan fingerprint density at radius 2 is 0.872 bits per heavy atom. The zero-order valence-corrected chi connectivity index (χ0v) is 24.3. The maximum Gasteiger partial charge on any atom is 0.224 e. The number of benzene rings is 2. The molecule has 0 saturated carbocycles. The minimum atomic E-state index is 0.0375. The number of carbonyl (C=O) groups is 2. The molecule has 0 saturated heterocycles. The minimum absolute atomic E-state index is 0.0375. The van der Waals surface area contributed by atoms with Crippen LogP contribution in [0.4, 0.5) is 11.4 Å². The maximum atomic E-state index is 12.2. The van der Waals surface area contributed by atoms with Crippen molar-refractivity contribution in [2.45, 2.75) is 110 Å². The second kappa shape index (κ2) is 20.9. The van der Waals surface area contributed by atoms with Crippen molar-refractivity contribution in [2.75, 3.05) is 23.8 Å². The number of rotatable bonds is 22. The van der Waals surface area contributed by atoms with Crippen LogP contribution in [0.2, 0.25) is 0 Å².